The monoisotopic (exact) mass is 973 g/mol. The van der Waals surface area contributed by atoms with E-state index in [-0.39, 0.29) is 17.2 Å². The summed E-state index contributed by atoms with van der Waals surface area (Å²) in [5.74, 6) is 0. The van der Waals surface area contributed by atoms with Crippen molar-refractivity contribution in [3.8, 4) is 86.2 Å². The average Bonchev–Trinajstić information content (AvgIpc) is 3.94. The molecule has 0 spiro atoms. The number of alkyl halides is 6. The number of benzene rings is 9. The summed E-state index contributed by atoms with van der Waals surface area (Å²) in [4.78, 5) is 0. The maximum atomic E-state index is 15.0. The summed E-state index contributed by atoms with van der Waals surface area (Å²) in [5.41, 5.74) is 5.21. The lowest BCUT2D eigenvalue weighted by atomic mass is 9.92. The highest BCUT2D eigenvalue weighted by atomic mass is 19.4. The number of rotatable bonds is 6. The van der Waals surface area contributed by atoms with E-state index in [0.717, 1.165) is 27.7 Å². The Bertz CT molecular complexity index is 4420. The van der Waals surface area contributed by atoms with E-state index in [0.29, 0.717) is 95.0 Å². The van der Waals surface area contributed by atoms with Gasteiger partial charge in [-0.05, 0) is 124 Å². The first-order valence-electron chi connectivity index (χ1n) is 22.7. The second kappa shape index (κ2) is 17.5. The molecular weight excluding hydrogens is 945 g/mol. The molecule has 11 aromatic rings. The standard InChI is InChI=1S/C61H29F6N7/c62-60(63,64)43-15-20-46(53(29-43)61(65,66)67)40-12-19-50(59(28-40)74-55-8-4-2-6-48(55)52-27-39(14-22-57(52)74)45-17-10-36(31-69)24-42(45)34-72)49-18-11-37(32-70)25-58(49)73-54-7-3-1-5-47(54)51-26-38(13-21-56(51)73)44-16-9-35(30-68)23-41(44)33-71/h1-29H. The second-order valence-corrected chi connectivity index (χ2v) is 17.5. The van der Waals surface area contributed by atoms with Gasteiger partial charge in [-0.3, -0.25) is 0 Å². The number of nitriles is 5. The lowest BCUT2D eigenvalue weighted by molar-refractivity contribution is -0.142. The van der Waals surface area contributed by atoms with Gasteiger partial charge in [0.15, 0.2) is 0 Å². The van der Waals surface area contributed by atoms with Crippen molar-refractivity contribution in [1.29, 1.82) is 26.3 Å². The van der Waals surface area contributed by atoms with Gasteiger partial charge in [-0.2, -0.15) is 52.7 Å². The molecule has 0 N–H and O–H groups in total. The molecule has 0 aliphatic carbocycles. The van der Waals surface area contributed by atoms with Gasteiger partial charge >= 0.3 is 12.4 Å². The quantitative estimate of drug-likeness (QED) is 0.153. The smallest absolute Gasteiger partial charge is 0.309 e. The van der Waals surface area contributed by atoms with Crippen LogP contribution in [0.5, 0.6) is 0 Å². The summed E-state index contributed by atoms with van der Waals surface area (Å²) in [6.07, 6.45) is -10.2. The van der Waals surface area contributed by atoms with Gasteiger partial charge in [0.05, 0.1) is 103 Å². The molecule has 0 saturated heterocycles. The van der Waals surface area contributed by atoms with Crippen LogP contribution in [-0.2, 0) is 12.4 Å². The molecule has 2 aromatic heterocycles. The summed E-state index contributed by atoms with van der Waals surface area (Å²) >= 11 is 0. The zero-order chi connectivity index (χ0) is 51.6. The maximum absolute atomic E-state index is 15.0. The van der Waals surface area contributed by atoms with Crippen LogP contribution >= 0.6 is 0 Å². The first-order chi connectivity index (χ1) is 35.7. The van der Waals surface area contributed by atoms with E-state index >= 15 is 0 Å². The second-order valence-electron chi connectivity index (χ2n) is 17.5. The Morgan fingerprint density at radius 1 is 0.324 bits per heavy atom. The molecule has 0 aliphatic heterocycles. The van der Waals surface area contributed by atoms with E-state index < -0.39 is 29.0 Å². The van der Waals surface area contributed by atoms with E-state index in [9.17, 15) is 52.7 Å². The Hall–Kier alpha value is -10.4. The van der Waals surface area contributed by atoms with Crippen molar-refractivity contribution in [3.05, 3.63) is 215 Å². The van der Waals surface area contributed by atoms with E-state index in [2.05, 4.69) is 30.3 Å². The molecule has 0 aliphatic rings. The largest absolute Gasteiger partial charge is 0.417 e. The Kier molecular flexibility index (Phi) is 10.9. The molecule has 2 heterocycles. The van der Waals surface area contributed by atoms with Crippen LogP contribution in [0.1, 0.15) is 38.9 Å². The molecule has 11 rings (SSSR count). The number of halogens is 6. The summed E-state index contributed by atoms with van der Waals surface area (Å²) in [7, 11) is 0. The van der Waals surface area contributed by atoms with E-state index in [4.69, 9.17) is 0 Å². The first kappa shape index (κ1) is 46.0. The SMILES string of the molecule is N#Cc1ccc(-c2ccc3c(c2)c2ccccc2n3-c2cc(C#N)ccc2-c2ccc(-c3ccc(C(F)(F)F)cc3C(F)(F)F)cc2-n2c3ccccc3c3cc(-c4ccc(C#N)cc4C#N)ccc32)c(C#N)c1. The maximum Gasteiger partial charge on any atom is 0.417 e. The lowest BCUT2D eigenvalue weighted by Gasteiger charge is -2.21. The van der Waals surface area contributed by atoms with Gasteiger partial charge in [0.25, 0.3) is 0 Å². The number of fused-ring (bicyclic) bond motifs is 6. The molecule has 0 atom stereocenters. The summed E-state index contributed by atoms with van der Waals surface area (Å²) in [6, 6.07) is 58.1. The third-order valence-corrected chi connectivity index (χ3v) is 13.4. The normalized spacial score (nSPS) is 11.6. The van der Waals surface area contributed by atoms with Crippen LogP contribution in [0.15, 0.2) is 176 Å². The van der Waals surface area contributed by atoms with Crippen molar-refractivity contribution in [1.82, 2.24) is 9.13 Å². The molecule has 350 valence electrons. The number of para-hydroxylation sites is 2. The molecule has 13 heteroatoms. The van der Waals surface area contributed by atoms with Gasteiger partial charge in [-0.1, -0.05) is 84.9 Å². The van der Waals surface area contributed by atoms with Crippen molar-refractivity contribution < 1.29 is 26.3 Å². The Labute approximate surface area is 417 Å². The number of hydrogen-bond donors (Lipinski definition) is 0. The van der Waals surface area contributed by atoms with Crippen molar-refractivity contribution in [2.75, 3.05) is 0 Å². The number of hydrogen-bond acceptors (Lipinski definition) is 5. The van der Waals surface area contributed by atoms with Gasteiger partial charge in [0, 0.05) is 32.7 Å². The molecule has 0 unspecified atom stereocenters. The van der Waals surface area contributed by atoms with Crippen molar-refractivity contribution in [2.45, 2.75) is 12.4 Å². The minimum Gasteiger partial charge on any atom is -0.309 e. The minimum absolute atomic E-state index is 0.0253. The third kappa shape index (κ3) is 7.60. The predicted molar refractivity (Wildman–Crippen MR) is 270 cm³/mol. The zero-order valence-electron chi connectivity index (χ0n) is 38.1. The minimum atomic E-state index is -5.18. The lowest BCUT2D eigenvalue weighted by Crippen LogP contribution is -2.12. The molecule has 0 radical (unpaired) electrons. The van der Waals surface area contributed by atoms with Gasteiger partial charge in [-0.15, -0.1) is 0 Å². The third-order valence-electron chi connectivity index (χ3n) is 13.4. The highest BCUT2D eigenvalue weighted by Crippen LogP contribution is 2.46. The molecule has 0 fully saturated rings. The fourth-order valence-corrected chi connectivity index (χ4v) is 10.0. The van der Waals surface area contributed by atoms with Gasteiger partial charge in [0.1, 0.15) is 0 Å². The van der Waals surface area contributed by atoms with Crippen LogP contribution in [0.25, 0.3) is 99.5 Å². The van der Waals surface area contributed by atoms with Gasteiger partial charge < -0.3 is 9.13 Å². The van der Waals surface area contributed by atoms with Crippen LogP contribution in [-0.4, -0.2) is 9.13 Å². The molecule has 0 amide bonds. The molecule has 74 heavy (non-hydrogen) atoms. The summed E-state index contributed by atoms with van der Waals surface area (Å²) in [6.45, 7) is 0. The number of nitrogens with zero attached hydrogens (tertiary/aromatic N) is 7. The first-order valence-corrected chi connectivity index (χ1v) is 22.7. The van der Waals surface area contributed by atoms with Gasteiger partial charge in [0.2, 0.25) is 0 Å². The van der Waals surface area contributed by atoms with E-state index in [1.165, 1.54) is 24.3 Å². The Morgan fingerprint density at radius 2 is 0.730 bits per heavy atom. The molecule has 9 aromatic carbocycles. The topological polar surface area (TPSA) is 129 Å². The Balaban J connectivity index is 1.21. The van der Waals surface area contributed by atoms with Crippen LogP contribution in [0.4, 0.5) is 26.3 Å². The van der Waals surface area contributed by atoms with Crippen molar-refractivity contribution in [2.24, 2.45) is 0 Å². The van der Waals surface area contributed by atoms with E-state index in [1.54, 1.807) is 54.6 Å². The fraction of sp³-hybridized carbons (Fsp3) is 0.0328. The van der Waals surface area contributed by atoms with Crippen molar-refractivity contribution >= 4 is 43.6 Å². The van der Waals surface area contributed by atoms with Crippen LogP contribution < -0.4 is 0 Å². The highest BCUT2D eigenvalue weighted by Gasteiger charge is 2.38. The number of aromatic nitrogens is 2. The molecule has 7 nitrogen and oxygen atoms in total. The molecule has 0 bridgehead atoms. The van der Waals surface area contributed by atoms with E-state index in [1.807, 2.05) is 88.0 Å². The predicted octanol–water partition coefficient (Wildman–Crippen LogP) is 15.9. The van der Waals surface area contributed by atoms with Crippen LogP contribution in [0, 0.1) is 56.7 Å². The van der Waals surface area contributed by atoms with Gasteiger partial charge in [-0.25, -0.2) is 0 Å². The molecule has 0 saturated carbocycles. The van der Waals surface area contributed by atoms with Crippen molar-refractivity contribution in [3.63, 3.8) is 0 Å². The highest BCUT2D eigenvalue weighted by molar-refractivity contribution is 6.13. The Morgan fingerprint density at radius 3 is 1.20 bits per heavy atom. The summed E-state index contributed by atoms with van der Waals surface area (Å²) < 4.78 is 90.8. The van der Waals surface area contributed by atoms with Crippen LogP contribution in [0.3, 0.4) is 0 Å². The average molecular weight is 974 g/mol. The summed E-state index contributed by atoms with van der Waals surface area (Å²) in [5, 5.41) is 52.8. The molecular formula is C61H29F6N7. The fourth-order valence-electron chi connectivity index (χ4n) is 10.0. The zero-order valence-corrected chi connectivity index (χ0v) is 38.1. The van der Waals surface area contributed by atoms with Crippen LogP contribution in [0.2, 0.25) is 0 Å².